The van der Waals surface area contributed by atoms with Gasteiger partial charge in [0, 0.05) is 22.2 Å². The lowest BCUT2D eigenvalue weighted by Crippen LogP contribution is -2.24. The van der Waals surface area contributed by atoms with Crippen LogP contribution in [0.25, 0.3) is 0 Å². The molecule has 2 aromatic carbocycles. The molecular weight excluding hydrogens is 350 g/mol. The highest BCUT2D eigenvalue weighted by molar-refractivity contribution is 7.07. The van der Waals surface area contributed by atoms with Gasteiger partial charge in [-0.15, -0.1) is 0 Å². The van der Waals surface area contributed by atoms with Gasteiger partial charge in [0.05, 0.1) is 6.54 Å². The molecule has 0 saturated heterocycles. The first-order valence-electron chi connectivity index (χ1n) is 8.32. The molecule has 26 heavy (non-hydrogen) atoms. The normalized spacial score (nSPS) is 12.8. The number of ether oxygens (including phenoxy) is 2. The van der Waals surface area contributed by atoms with Crippen molar-refractivity contribution in [3.8, 4) is 11.5 Å². The third-order valence-electron chi connectivity index (χ3n) is 4.45. The Balaban J connectivity index is 1.57. The van der Waals surface area contributed by atoms with E-state index in [-0.39, 0.29) is 17.4 Å². The Morgan fingerprint density at radius 3 is 2.31 bits per heavy atom. The summed E-state index contributed by atoms with van der Waals surface area (Å²) in [6.07, 6.45) is 0. The number of thiazole rings is 1. The minimum Gasteiger partial charge on any atom is -0.463 e. The molecule has 0 amide bonds. The summed E-state index contributed by atoms with van der Waals surface area (Å²) < 4.78 is 13.0. The number of aromatic nitrogens is 1. The maximum atomic E-state index is 12.9. The van der Waals surface area contributed by atoms with Gasteiger partial charge < -0.3 is 9.47 Å². The van der Waals surface area contributed by atoms with E-state index in [0.29, 0.717) is 18.0 Å². The number of carbonyl (C=O) groups excluding carboxylic acids is 1. The molecule has 1 aromatic heterocycles. The van der Waals surface area contributed by atoms with E-state index in [0.717, 1.165) is 28.2 Å². The molecule has 1 aliphatic rings. The molecule has 0 radical (unpaired) electrons. The minimum absolute atomic E-state index is 0.0414. The monoisotopic (exact) mass is 367 g/mol. The van der Waals surface area contributed by atoms with Crippen molar-refractivity contribution >= 4 is 17.3 Å². The fourth-order valence-corrected chi connectivity index (χ4v) is 3.92. The third-order valence-corrected chi connectivity index (χ3v) is 5.33. The molecule has 0 unspecified atom stereocenters. The van der Waals surface area contributed by atoms with Crippen LogP contribution in [0.4, 0.5) is 0 Å². The molecule has 6 heteroatoms. The SMILES string of the molecule is Cc1csc(=O)n1CCOC(=O)C1c2ccccc2Oc2ccccc21. The van der Waals surface area contributed by atoms with Crippen LogP contribution >= 0.6 is 11.3 Å². The fraction of sp³-hybridized carbons (Fsp3) is 0.200. The average Bonchev–Trinajstić information content (AvgIpc) is 2.98. The number of esters is 1. The second-order valence-electron chi connectivity index (χ2n) is 6.07. The van der Waals surface area contributed by atoms with Crippen LogP contribution in [0.15, 0.2) is 58.7 Å². The predicted molar refractivity (Wildman–Crippen MR) is 99.1 cm³/mol. The lowest BCUT2D eigenvalue weighted by molar-refractivity contribution is -0.144. The van der Waals surface area contributed by atoms with E-state index in [9.17, 15) is 9.59 Å². The van der Waals surface area contributed by atoms with Gasteiger partial charge in [-0.25, -0.2) is 0 Å². The van der Waals surface area contributed by atoms with Gasteiger partial charge in [0.15, 0.2) is 0 Å². The van der Waals surface area contributed by atoms with Crippen molar-refractivity contribution in [3.63, 3.8) is 0 Å². The summed E-state index contributed by atoms with van der Waals surface area (Å²) in [6.45, 7) is 2.37. The topological polar surface area (TPSA) is 57.5 Å². The summed E-state index contributed by atoms with van der Waals surface area (Å²) in [6, 6.07) is 15.0. The summed E-state index contributed by atoms with van der Waals surface area (Å²) in [5.74, 6) is 0.460. The minimum atomic E-state index is -0.531. The number of benzene rings is 2. The summed E-state index contributed by atoms with van der Waals surface area (Å²) in [5, 5.41) is 1.80. The molecule has 0 atom stereocenters. The number of carbonyl (C=O) groups is 1. The van der Waals surface area contributed by atoms with Gasteiger partial charge >= 0.3 is 10.8 Å². The van der Waals surface area contributed by atoms with Gasteiger partial charge in [-0.05, 0) is 19.1 Å². The van der Waals surface area contributed by atoms with E-state index in [4.69, 9.17) is 9.47 Å². The first-order valence-corrected chi connectivity index (χ1v) is 9.20. The third kappa shape index (κ3) is 2.93. The van der Waals surface area contributed by atoms with Crippen molar-refractivity contribution in [2.24, 2.45) is 0 Å². The van der Waals surface area contributed by atoms with E-state index in [2.05, 4.69) is 0 Å². The molecule has 0 aliphatic carbocycles. The highest BCUT2D eigenvalue weighted by Crippen LogP contribution is 2.44. The Kier molecular flexibility index (Phi) is 4.34. The van der Waals surface area contributed by atoms with Crippen LogP contribution in [0.1, 0.15) is 22.7 Å². The van der Waals surface area contributed by atoms with Crippen LogP contribution in [-0.4, -0.2) is 17.1 Å². The van der Waals surface area contributed by atoms with Gasteiger partial charge in [0.1, 0.15) is 24.0 Å². The van der Waals surface area contributed by atoms with Crippen molar-refractivity contribution in [2.75, 3.05) is 6.61 Å². The van der Waals surface area contributed by atoms with Crippen molar-refractivity contribution < 1.29 is 14.3 Å². The second kappa shape index (κ2) is 6.80. The van der Waals surface area contributed by atoms with Crippen LogP contribution in [0.3, 0.4) is 0 Å². The Bertz CT molecular complexity index is 975. The number of fused-ring (bicyclic) bond motifs is 2. The van der Waals surface area contributed by atoms with E-state index >= 15 is 0 Å². The Morgan fingerprint density at radius 1 is 1.12 bits per heavy atom. The number of aryl methyl sites for hydroxylation is 1. The maximum Gasteiger partial charge on any atom is 0.318 e. The van der Waals surface area contributed by atoms with Crippen LogP contribution < -0.4 is 9.61 Å². The molecule has 1 aliphatic heterocycles. The van der Waals surface area contributed by atoms with Crippen molar-refractivity contribution in [2.45, 2.75) is 19.4 Å². The summed E-state index contributed by atoms with van der Waals surface area (Å²) in [4.78, 5) is 24.6. The predicted octanol–water partition coefficient (Wildman–Crippen LogP) is 3.70. The fourth-order valence-electron chi connectivity index (χ4n) is 3.16. The van der Waals surface area contributed by atoms with Crippen molar-refractivity contribution in [1.29, 1.82) is 0 Å². The molecule has 0 saturated carbocycles. The van der Waals surface area contributed by atoms with E-state index in [1.54, 1.807) is 9.95 Å². The average molecular weight is 367 g/mol. The molecule has 0 spiro atoms. The second-order valence-corrected chi connectivity index (χ2v) is 6.89. The molecule has 0 bridgehead atoms. The largest absolute Gasteiger partial charge is 0.463 e. The number of para-hydroxylation sites is 2. The highest BCUT2D eigenvalue weighted by Gasteiger charge is 2.33. The highest BCUT2D eigenvalue weighted by atomic mass is 32.1. The number of rotatable bonds is 4. The summed E-state index contributed by atoms with van der Waals surface area (Å²) in [7, 11) is 0. The summed E-state index contributed by atoms with van der Waals surface area (Å²) >= 11 is 1.15. The zero-order valence-corrected chi connectivity index (χ0v) is 15.0. The van der Waals surface area contributed by atoms with Gasteiger partial charge in [-0.2, -0.15) is 0 Å². The van der Waals surface area contributed by atoms with Crippen LogP contribution in [-0.2, 0) is 16.1 Å². The number of hydrogen-bond donors (Lipinski definition) is 0. The molecule has 0 N–H and O–H groups in total. The van der Waals surface area contributed by atoms with E-state index in [1.807, 2.05) is 55.5 Å². The van der Waals surface area contributed by atoms with E-state index in [1.165, 1.54) is 0 Å². The molecule has 2 heterocycles. The van der Waals surface area contributed by atoms with E-state index < -0.39 is 5.92 Å². The lowest BCUT2D eigenvalue weighted by atomic mass is 9.88. The van der Waals surface area contributed by atoms with Crippen LogP contribution in [0.5, 0.6) is 11.5 Å². The molecule has 4 rings (SSSR count). The van der Waals surface area contributed by atoms with Crippen molar-refractivity contribution in [1.82, 2.24) is 4.57 Å². The first kappa shape index (κ1) is 16.6. The zero-order valence-electron chi connectivity index (χ0n) is 14.2. The summed E-state index contributed by atoms with van der Waals surface area (Å²) in [5.41, 5.74) is 2.46. The van der Waals surface area contributed by atoms with Gasteiger partial charge in [-0.3, -0.25) is 14.2 Å². The van der Waals surface area contributed by atoms with Crippen LogP contribution in [0.2, 0.25) is 0 Å². The molecular formula is C20H17NO4S. The van der Waals surface area contributed by atoms with Gasteiger partial charge in [0.25, 0.3) is 0 Å². The Labute approximate surface area is 154 Å². The Hall–Kier alpha value is -2.86. The smallest absolute Gasteiger partial charge is 0.318 e. The quantitative estimate of drug-likeness (QED) is 0.660. The standard InChI is InChI=1S/C20H17NO4S/c1-13-12-26-20(23)21(13)10-11-24-19(22)18-14-6-2-4-8-16(14)25-17-9-5-3-7-15(17)18/h2-9,12,18H,10-11H2,1H3. The number of hydrogen-bond acceptors (Lipinski definition) is 5. The van der Waals surface area contributed by atoms with Crippen molar-refractivity contribution in [3.05, 3.63) is 80.4 Å². The maximum absolute atomic E-state index is 12.9. The first-order chi connectivity index (χ1) is 12.6. The molecule has 3 aromatic rings. The van der Waals surface area contributed by atoms with Gasteiger partial charge in [0.2, 0.25) is 0 Å². The lowest BCUT2D eigenvalue weighted by Gasteiger charge is -2.26. The Morgan fingerprint density at radius 2 is 1.73 bits per heavy atom. The zero-order chi connectivity index (χ0) is 18.1. The van der Waals surface area contributed by atoms with Gasteiger partial charge in [-0.1, -0.05) is 47.7 Å². The van der Waals surface area contributed by atoms with Crippen LogP contribution in [0, 0.1) is 6.92 Å². The molecule has 0 fully saturated rings. The number of nitrogens with zero attached hydrogens (tertiary/aromatic N) is 1. The molecule has 5 nitrogen and oxygen atoms in total. The molecule has 132 valence electrons.